The zero-order chi connectivity index (χ0) is 8.27. The summed E-state index contributed by atoms with van der Waals surface area (Å²) in [6.07, 6.45) is 6.63. The third-order valence-corrected chi connectivity index (χ3v) is 1.37. The molecule has 1 rings (SSSR count). The summed E-state index contributed by atoms with van der Waals surface area (Å²) in [4.78, 5) is 0. The van der Waals surface area contributed by atoms with Gasteiger partial charge in [-0.15, -0.1) is 0 Å². The molecule has 0 unspecified atom stereocenters. The van der Waals surface area contributed by atoms with Gasteiger partial charge in [0.15, 0.2) is 0 Å². The number of aliphatic hydroxyl groups is 1. The van der Waals surface area contributed by atoms with Crippen LogP contribution in [0.25, 0.3) is 0 Å². The molecule has 58 valence electrons. The first kappa shape index (κ1) is 7.60. The highest BCUT2D eigenvalue weighted by Gasteiger charge is 2.08. The van der Waals surface area contributed by atoms with Crippen LogP contribution < -0.4 is 5.32 Å². The highest BCUT2D eigenvalue weighted by molar-refractivity contribution is 6.11. The summed E-state index contributed by atoms with van der Waals surface area (Å²) in [7, 11) is 1.75. The quantitative estimate of drug-likeness (QED) is 0.524. The van der Waals surface area contributed by atoms with Crippen molar-refractivity contribution < 1.29 is 5.11 Å². The van der Waals surface area contributed by atoms with Crippen molar-refractivity contribution >= 4 is 5.71 Å². The van der Waals surface area contributed by atoms with Crippen LogP contribution in [0.2, 0.25) is 0 Å². The maximum Gasteiger partial charge on any atom is 0.141 e. The van der Waals surface area contributed by atoms with Gasteiger partial charge in [-0.25, -0.2) is 0 Å². The van der Waals surface area contributed by atoms with E-state index in [1.54, 1.807) is 25.4 Å². The van der Waals surface area contributed by atoms with E-state index in [0.717, 1.165) is 0 Å². The Morgan fingerprint density at radius 2 is 2.36 bits per heavy atom. The van der Waals surface area contributed by atoms with Crippen molar-refractivity contribution in [3.8, 4) is 0 Å². The topological polar surface area (TPSA) is 56.1 Å². The molecule has 0 aliphatic heterocycles. The van der Waals surface area contributed by atoms with Crippen LogP contribution in [0.1, 0.15) is 0 Å². The van der Waals surface area contributed by atoms with Gasteiger partial charge in [0, 0.05) is 18.8 Å². The van der Waals surface area contributed by atoms with Crippen LogP contribution in [0.5, 0.6) is 0 Å². The van der Waals surface area contributed by atoms with E-state index in [9.17, 15) is 0 Å². The molecular formula is C8H10N2O. The third kappa shape index (κ3) is 1.49. The molecule has 0 saturated carbocycles. The van der Waals surface area contributed by atoms with Gasteiger partial charge in [-0.3, -0.25) is 5.41 Å². The average molecular weight is 150 g/mol. The molecule has 0 aromatic rings. The lowest BCUT2D eigenvalue weighted by Crippen LogP contribution is -2.09. The lowest BCUT2D eigenvalue weighted by Gasteiger charge is -2.07. The molecule has 0 bridgehead atoms. The molecule has 3 heteroatoms. The molecule has 0 amide bonds. The minimum atomic E-state index is 0.00833. The molecule has 3 nitrogen and oxygen atoms in total. The van der Waals surface area contributed by atoms with Crippen LogP contribution in [0.3, 0.4) is 0 Å². The molecule has 1 aliphatic carbocycles. The molecule has 1 aliphatic rings. The summed E-state index contributed by atoms with van der Waals surface area (Å²) in [5.74, 6) is 0.00833. The van der Waals surface area contributed by atoms with Gasteiger partial charge in [0.1, 0.15) is 11.5 Å². The van der Waals surface area contributed by atoms with Crippen molar-refractivity contribution in [1.82, 2.24) is 5.32 Å². The summed E-state index contributed by atoms with van der Waals surface area (Å²) in [6.45, 7) is 0. The van der Waals surface area contributed by atoms with Crippen LogP contribution in [-0.4, -0.2) is 17.9 Å². The van der Waals surface area contributed by atoms with Gasteiger partial charge in [-0.1, -0.05) is 12.2 Å². The molecule has 0 spiro atoms. The first-order chi connectivity index (χ1) is 5.25. The number of rotatable bonds is 1. The predicted molar refractivity (Wildman–Crippen MR) is 44.7 cm³/mol. The van der Waals surface area contributed by atoms with Crippen molar-refractivity contribution in [3.63, 3.8) is 0 Å². The van der Waals surface area contributed by atoms with E-state index < -0.39 is 0 Å². The van der Waals surface area contributed by atoms with Crippen LogP contribution in [0.15, 0.2) is 35.8 Å². The largest absolute Gasteiger partial charge is 0.506 e. The lowest BCUT2D eigenvalue weighted by atomic mass is 10.1. The van der Waals surface area contributed by atoms with Crippen LogP contribution >= 0.6 is 0 Å². The standard InChI is InChI=1S/C8H10N2O/c1-10-5-6-3-2-4-7(11)8(6)9/h2-5,9-11H,1H3/b6-5-,9-8?. The fourth-order valence-corrected chi connectivity index (χ4v) is 0.833. The highest BCUT2D eigenvalue weighted by Crippen LogP contribution is 2.10. The molecule has 11 heavy (non-hydrogen) atoms. The number of hydrogen-bond donors (Lipinski definition) is 3. The second kappa shape index (κ2) is 3.05. The summed E-state index contributed by atoms with van der Waals surface area (Å²) < 4.78 is 0. The first-order valence-corrected chi connectivity index (χ1v) is 3.29. The summed E-state index contributed by atoms with van der Waals surface area (Å²) in [5, 5.41) is 19.3. The van der Waals surface area contributed by atoms with E-state index in [2.05, 4.69) is 5.32 Å². The smallest absolute Gasteiger partial charge is 0.141 e. The van der Waals surface area contributed by atoms with E-state index in [1.807, 2.05) is 0 Å². The Bertz CT molecular complexity index is 261. The van der Waals surface area contributed by atoms with Gasteiger partial charge >= 0.3 is 0 Å². The fourth-order valence-electron chi connectivity index (χ4n) is 0.833. The number of aliphatic hydroxyl groups excluding tert-OH is 1. The summed E-state index contributed by atoms with van der Waals surface area (Å²) in [5.41, 5.74) is 0.842. The second-order valence-corrected chi connectivity index (χ2v) is 2.17. The van der Waals surface area contributed by atoms with Gasteiger partial charge in [0.05, 0.1) is 0 Å². The van der Waals surface area contributed by atoms with E-state index >= 15 is 0 Å². The number of nitrogens with one attached hydrogen (secondary N) is 2. The fraction of sp³-hybridized carbons (Fsp3) is 0.125. The monoisotopic (exact) mass is 150 g/mol. The van der Waals surface area contributed by atoms with E-state index in [1.165, 1.54) is 6.08 Å². The van der Waals surface area contributed by atoms with E-state index in [0.29, 0.717) is 5.57 Å². The van der Waals surface area contributed by atoms with Crippen molar-refractivity contribution in [2.45, 2.75) is 0 Å². The van der Waals surface area contributed by atoms with Crippen molar-refractivity contribution in [2.75, 3.05) is 7.05 Å². The molecule has 0 heterocycles. The van der Waals surface area contributed by atoms with Crippen LogP contribution in [0, 0.1) is 5.41 Å². The first-order valence-electron chi connectivity index (χ1n) is 3.29. The lowest BCUT2D eigenvalue weighted by molar-refractivity contribution is 0.442. The van der Waals surface area contributed by atoms with E-state index in [-0.39, 0.29) is 11.5 Å². The van der Waals surface area contributed by atoms with Gasteiger partial charge in [-0.05, 0) is 6.08 Å². The van der Waals surface area contributed by atoms with Gasteiger partial charge < -0.3 is 10.4 Å². The molecule has 3 N–H and O–H groups in total. The number of allylic oxidation sites excluding steroid dienone is 4. The minimum Gasteiger partial charge on any atom is -0.506 e. The molecular weight excluding hydrogens is 140 g/mol. The molecule has 0 fully saturated rings. The SMILES string of the molecule is CN/C=C1/C=CC=C(O)C1=N. The zero-order valence-electron chi connectivity index (χ0n) is 6.26. The highest BCUT2D eigenvalue weighted by atomic mass is 16.3. The third-order valence-electron chi connectivity index (χ3n) is 1.37. The second-order valence-electron chi connectivity index (χ2n) is 2.17. The molecule has 0 saturated heterocycles. The Balaban J connectivity index is 2.90. The summed E-state index contributed by atoms with van der Waals surface area (Å²) >= 11 is 0. The van der Waals surface area contributed by atoms with Crippen molar-refractivity contribution in [1.29, 1.82) is 5.41 Å². The van der Waals surface area contributed by atoms with Gasteiger partial charge in [0.25, 0.3) is 0 Å². The molecule has 0 radical (unpaired) electrons. The maximum atomic E-state index is 9.09. The molecule has 0 atom stereocenters. The Morgan fingerprint density at radius 1 is 1.64 bits per heavy atom. The van der Waals surface area contributed by atoms with Crippen LogP contribution in [0.4, 0.5) is 0 Å². The molecule has 0 aromatic carbocycles. The van der Waals surface area contributed by atoms with Crippen molar-refractivity contribution in [3.05, 3.63) is 35.8 Å². The van der Waals surface area contributed by atoms with Crippen molar-refractivity contribution in [2.24, 2.45) is 0 Å². The summed E-state index contributed by atoms with van der Waals surface area (Å²) in [6, 6.07) is 0. The average Bonchev–Trinajstić information content (AvgIpc) is 1.99. The zero-order valence-corrected chi connectivity index (χ0v) is 6.26. The number of hydrogen-bond acceptors (Lipinski definition) is 3. The van der Waals surface area contributed by atoms with Gasteiger partial charge in [-0.2, -0.15) is 0 Å². The molecule has 0 aromatic heterocycles. The normalized spacial score (nSPS) is 20.3. The minimum absolute atomic E-state index is 0.00833. The predicted octanol–water partition coefficient (Wildman–Crippen LogP) is 1.12. The Morgan fingerprint density at radius 3 is 3.00 bits per heavy atom. The van der Waals surface area contributed by atoms with E-state index in [4.69, 9.17) is 10.5 Å². The Kier molecular flexibility index (Phi) is 2.11. The maximum absolute atomic E-state index is 9.09. The Labute approximate surface area is 65.2 Å². The van der Waals surface area contributed by atoms with Gasteiger partial charge in [0.2, 0.25) is 0 Å². The Hall–Kier alpha value is -1.51. The van der Waals surface area contributed by atoms with Crippen LogP contribution in [-0.2, 0) is 0 Å².